The molecule has 4 aromatic rings. The summed E-state index contributed by atoms with van der Waals surface area (Å²) in [6, 6.07) is 14.0. The van der Waals surface area contributed by atoms with Crippen molar-refractivity contribution in [2.75, 3.05) is 5.32 Å². The first-order valence-corrected chi connectivity index (χ1v) is 8.97. The van der Waals surface area contributed by atoms with Gasteiger partial charge in [-0.15, -0.1) is 0 Å². The number of aliphatic hydroxyl groups excluding tert-OH is 1. The van der Waals surface area contributed by atoms with E-state index in [4.69, 9.17) is 0 Å². The van der Waals surface area contributed by atoms with Crippen LogP contribution in [0.15, 0.2) is 60.8 Å². The number of hydrogen-bond donors (Lipinski definition) is 2. The minimum absolute atomic E-state index is 0.00968. The first-order chi connectivity index (χ1) is 14.4. The van der Waals surface area contributed by atoms with Crippen LogP contribution in [0.5, 0.6) is 0 Å². The van der Waals surface area contributed by atoms with E-state index in [2.05, 4.69) is 15.3 Å². The van der Waals surface area contributed by atoms with E-state index >= 15 is 0 Å². The van der Waals surface area contributed by atoms with Crippen LogP contribution in [0, 0.1) is 0 Å². The molecule has 0 unspecified atom stereocenters. The molecule has 0 aliphatic rings. The first-order valence-electron chi connectivity index (χ1n) is 8.97. The topological polar surface area (TPSA) is 62.5 Å². The Hall–Kier alpha value is -3.46. The van der Waals surface area contributed by atoms with Crippen LogP contribution in [0.4, 0.5) is 29.1 Å². The first kappa shape index (κ1) is 19.8. The second-order valence-electron chi connectivity index (χ2n) is 6.60. The minimum Gasteiger partial charge on any atom is -0.392 e. The number of halogens is 4. The van der Waals surface area contributed by atoms with E-state index in [0.29, 0.717) is 16.8 Å². The summed E-state index contributed by atoms with van der Waals surface area (Å²) in [5.74, 6) is 0.239. The van der Waals surface area contributed by atoms with Crippen molar-refractivity contribution in [3.05, 3.63) is 77.6 Å². The van der Waals surface area contributed by atoms with Gasteiger partial charge in [0.15, 0.2) is 5.69 Å². The molecule has 0 saturated heterocycles. The van der Waals surface area contributed by atoms with Crippen LogP contribution in [-0.2, 0) is 19.5 Å². The third-order valence-corrected chi connectivity index (χ3v) is 4.49. The molecule has 2 N–H and O–H groups in total. The molecule has 0 radical (unpaired) electrons. The summed E-state index contributed by atoms with van der Waals surface area (Å²) in [7, 11) is 0. The van der Waals surface area contributed by atoms with Crippen LogP contribution in [0.1, 0.15) is 16.8 Å². The van der Waals surface area contributed by atoms with Crippen LogP contribution in [0.3, 0.4) is 0 Å². The number of rotatable bonds is 5. The Morgan fingerprint density at radius 3 is 2.40 bits per heavy atom. The van der Waals surface area contributed by atoms with E-state index in [9.17, 15) is 22.7 Å². The second-order valence-corrected chi connectivity index (χ2v) is 6.60. The molecule has 3 heterocycles. The normalized spacial score (nSPS) is 11.8. The van der Waals surface area contributed by atoms with Crippen LogP contribution < -0.4 is 5.32 Å². The Morgan fingerprint density at radius 2 is 1.73 bits per heavy atom. The molecule has 0 atom stereocenters. The summed E-state index contributed by atoms with van der Waals surface area (Å²) < 4.78 is 55.0. The van der Waals surface area contributed by atoms with Gasteiger partial charge < -0.3 is 10.4 Å². The number of pyridine rings is 2. The molecule has 5 nitrogen and oxygen atoms in total. The molecule has 3 aromatic heterocycles. The lowest BCUT2D eigenvalue weighted by molar-refractivity contribution is -0.140. The van der Waals surface area contributed by atoms with Crippen LogP contribution >= 0.6 is 0 Å². The van der Waals surface area contributed by atoms with Gasteiger partial charge in [-0.05, 0) is 47.5 Å². The van der Waals surface area contributed by atoms with Crippen LogP contribution in [0.2, 0.25) is 0 Å². The molecule has 9 heteroatoms. The monoisotopic (exact) mass is 416 g/mol. The highest BCUT2D eigenvalue weighted by Gasteiger charge is 2.38. The van der Waals surface area contributed by atoms with E-state index in [0.717, 1.165) is 0 Å². The van der Waals surface area contributed by atoms with Gasteiger partial charge in [-0.25, -0.2) is 14.4 Å². The van der Waals surface area contributed by atoms with E-state index in [1.807, 2.05) is 0 Å². The van der Waals surface area contributed by atoms with Gasteiger partial charge in [-0.1, -0.05) is 18.2 Å². The number of alkyl halides is 4. The number of nitrogens with one attached hydrogen (secondary N) is 1. The number of hydrogen-bond acceptors (Lipinski definition) is 4. The van der Waals surface area contributed by atoms with Crippen LogP contribution in [-0.4, -0.2) is 19.5 Å². The standard InChI is InChI=1S/C21H16F4N4O/c22-11-13-4-6-15(7-5-13)26-17-10-14(12-30)9-16(27-17)19-20(21(23,24)25)28-18-3-1-2-8-29(18)19/h1-10,30H,11-12H2,(H,26,27). The number of fused-ring (bicyclic) bond motifs is 1. The van der Waals surface area contributed by atoms with Gasteiger partial charge in [0, 0.05) is 11.9 Å². The Morgan fingerprint density at radius 1 is 0.967 bits per heavy atom. The third-order valence-electron chi connectivity index (χ3n) is 4.49. The van der Waals surface area contributed by atoms with E-state index < -0.39 is 18.5 Å². The maximum atomic E-state index is 13.7. The molecule has 0 fully saturated rings. The zero-order chi connectivity index (χ0) is 21.3. The molecule has 0 saturated carbocycles. The molecule has 0 aliphatic carbocycles. The fourth-order valence-corrected chi connectivity index (χ4v) is 3.13. The van der Waals surface area contributed by atoms with Crippen molar-refractivity contribution < 1.29 is 22.7 Å². The van der Waals surface area contributed by atoms with Gasteiger partial charge in [0.2, 0.25) is 0 Å². The SMILES string of the molecule is OCc1cc(Nc2ccc(CF)cc2)nc(-c2c(C(F)(F)F)nc3ccccn23)c1. The number of aliphatic hydroxyl groups is 1. The molecule has 30 heavy (non-hydrogen) atoms. The largest absolute Gasteiger partial charge is 0.435 e. The fourth-order valence-electron chi connectivity index (χ4n) is 3.13. The fraction of sp³-hybridized carbons (Fsp3) is 0.143. The van der Waals surface area contributed by atoms with E-state index in [1.54, 1.807) is 36.4 Å². The molecular formula is C21H16F4N4O. The second kappa shape index (κ2) is 7.75. The number of benzene rings is 1. The smallest absolute Gasteiger partial charge is 0.392 e. The highest BCUT2D eigenvalue weighted by atomic mass is 19.4. The number of anilines is 2. The summed E-state index contributed by atoms with van der Waals surface area (Å²) in [4.78, 5) is 8.06. The van der Waals surface area contributed by atoms with Gasteiger partial charge in [-0.2, -0.15) is 13.2 Å². The maximum absolute atomic E-state index is 13.7. The molecule has 0 spiro atoms. The number of aromatic nitrogens is 3. The Bertz CT molecular complexity index is 1190. The molecular weight excluding hydrogens is 400 g/mol. The summed E-state index contributed by atoms with van der Waals surface area (Å²) >= 11 is 0. The molecule has 0 amide bonds. The van der Waals surface area contributed by atoms with Gasteiger partial charge >= 0.3 is 6.18 Å². The van der Waals surface area contributed by atoms with Crippen molar-refractivity contribution >= 4 is 17.2 Å². The summed E-state index contributed by atoms with van der Waals surface area (Å²) in [5, 5.41) is 12.6. The van der Waals surface area contributed by atoms with Crippen molar-refractivity contribution in [2.24, 2.45) is 0 Å². The van der Waals surface area contributed by atoms with E-state index in [1.165, 1.54) is 28.8 Å². The average Bonchev–Trinajstić information content (AvgIpc) is 3.14. The van der Waals surface area contributed by atoms with Crippen molar-refractivity contribution in [3.63, 3.8) is 0 Å². The predicted octanol–water partition coefficient (Wildman–Crippen LogP) is 5.12. The summed E-state index contributed by atoms with van der Waals surface area (Å²) in [6.07, 6.45) is -3.21. The highest BCUT2D eigenvalue weighted by Crippen LogP contribution is 2.37. The lowest BCUT2D eigenvalue weighted by Crippen LogP contribution is -2.09. The van der Waals surface area contributed by atoms with Crippen molar-refractivity contribution in [1.29, 1.82) is 0 Å². The Balaban J connectivity index is 1.84. The number of imidazole rings is 1. The highest BCUT2D eigenvalue weighted by molar-refractivity contribution is 5.68. The van der Waals surface area contributed by atoms with Gasteiger partial charge in [0.05, 0.1) is 12.3 Å². The van der Waals surface area contributed by atoms with Crippen molar-refractivity contribution in [3.8, 4) is 11.4 Å². The minimum atomic E-state index is -4.69. The van der Waals surface area contributed by atoms with Gasteiger partial charge in [0.1, 0.15) is 23.8 Å². The average molecular weight is 416 g/mol. The van der Waals surface area contributed by atoms with Crippen molar-refractivity contribution in [2.45, 2.75) is 19.5 Å². The molecule has 154 valence electrons. The Labute approximate surface area is 168 Å². The lowest BCUT2D eigenvalue weighted by Gasteiger charge is -2.12. The van der Waals surface area contributed by atoms with Crippen LogP contribution in [0.25, 0.3) is 17.0 Å². The van der Waals surface area contributed by atoms with E-state index in [-0.39, 0.29) is 29.5 Å². The lowest BCUT2D eigenvalue weighted by atomic mass is 10.1. The van der Waals surface area contributed by atoms with Crippen molar-refractivity contribution in [1.82, 2.24) is 14.4 Å². The zero-order valence-electron chi connectivity index (χ0n) is 15.5. The summed E-state index contributed by atoms with van der Waals surface area (Å²) in [5.41, 5.74) is 0.317. The molecule has 0 aliphatic heterocycles. The predicted molar refractivity (Wildman–Crippen MR) is 104 cm³/mol. The summed E-state index contributed by atoms with van der Waals surface area (Å²) in [6.45, 7) is -0.986. The maximum Gasteiger partial charge on any atom is 0.435 e. The zero-order valence-corrected chi connectivity index (χ0v) is 15.5. The van der Waals surface area contributed by atoms with Gasteiger partial charge in [-0.3, -0.25) is 4.40 Å². The molecule has 4 rings (SSSR count). The Kier molecular flexibility index (Phi) is 5.13. The third kappa shape index (κ3) is 3.84. The quantitative estimate of drug-likeness (QED) is 0.444. The molecule has 0 bridgehead atoms. The van der Waals surface area contributed by atoms with Gasteiger partial charge in [0.25, 0.3) is 0 Å². The number of nitrogens with zero attached hydrogens (tertiary/aromatic N) is 3. The molecule has 1 aromatic carbocycles.